The Morgan fingerprint density at radius 3 is 2.94 bits per heavy atom. The molecule has 0 amide bonds. The quantitative estimate of drug-likeness (QED) is 0.882. The molecule has 0 radical (unpaired) electrons. The lowest BCUT2D eigenvalue weighted by atomic mass is 10.3. The molecule has 1 N–H and O–H groups in total. The van der Waals surface area contributed by atoms with Crippen LogP contribution in [-0.2, 0) is 0 Å². The molecule has 18 heavy (non-hydrogen) atoms. The molecule has 0 aliphatic carbocycles. The lowest BCUT2D eigenvalue weighted by Gasteiger charge is -2.06. The first-order valence-corrected chi connectivity index (χ1v) is 7.19. The number of hydrogen-bond acceptors (Lipinski definition) is 5. The van der Waals surface area contributed by atoms with Gasteiger partial charge in [-0.15, -0.1) is 23.7 Å². The van der Waals surface area contributed by atoms with Crippen LogP contribution in [0.1, 0.15) is 32.2 Å². The van der Waals surface area contributed by atoms with Gasteiger partial charge in [-0.2, -0.15) is 4.98 Å². The second kappa shape index (κ2) is 7.23. The third-order valence-corrected chi connectivity index (χ3v) is 3.99. The number of nitrogens with one attached hydrogen (secondary N) is 1. The average Bonchev–Trinajstić information content (AvgIpc) is 2.93. The molecule has 1 unspecified atom stereocenters. The van der Waals surface area contributed by atoms with Gasteiger partial charge in [-0.3, -0.25) is 0 Å². The Labute approximate surface area is 125 Å². The Hall–Kier alpha value is -0.430. The minimum Gasteiger partial charge on any atom is -0.337 e. The highest BCUT2D eigenvalue weighted by Crippen LogP contribution is 2.28. The van der Waals surface area contributed by atoms with Gasteiger partial charge in [0.1, 0.15) is 0 Å². The van der Waals surface area contributed by atoms with Crippen LogP contribution in [0.5, 0.6) is 0 Å². The zero-order valence-corrected chi connectivity index (χ0v) is 13.4. The summed E-state index contributed by atoms with van der Waals surface area (Å²) in [6.07, 6.45) is 1.09. The summed E-state index contributed by atoms with van der Waals surface area (Å²) in [5.41, 5.74) is 0. The van der Waals surface area contributed by atoms with E-state index >= 15 is 0 Å². The fraction of sp³-hybridized carbons (Fsp3) is 0.455. The van der Waals surface area contributed by atoms with Crippen molar-refractivity contribution in [1.82, 2.24) is 15.5 Å². The van der Waals surface area contributed by atoms with E-state index in [2.05, 4.69) is 38.3 Å². The molecule has 0 aliphatic heterocycles. The molecule has 0 spiro atoms. The first kappa shape index (κ1) is 15.6. The standard InChI is InChI=1S/C11H14BrN3OS.ClH/c1-3-4-13-7(2)11-14-10(15-16-11)9-5-8(12)6-17-9;/h5-7,13H,3-4H2,1-2H3;1H. The van der Waals surface area contributed by atoms with Crippen molar-refractivity contribution < 1.29 is 4.52 Å². The highest BCUT2D eigenvalue weighted by Gasteiger charge is 2.15. The van der Waals surface area contributed by atoms with E-state index in [1.807, 2.05) is 18.4 Å². The Kier molecular flexibility index (Phi) is 6.28. The Balaban J connectivity index is 0.00000162. The summed E-state index contributed by atoms with van der Waals surface area (Å²) >= 11 is 5.00. The molecular formula is C11H15BrClN3OS. The van der Waals surface area contributed by atoms with Crippen LogP contribution < -0.4 is 5.32 Å². The lowest BCUT2D eigenvalue weighted by molar-refractivity contribution is 0.340. The molecule has 2 aromatic rings. The molecule has 1 atom stereocenters. The Morgan fingerprint density at radius 1 is 1.56 bits per heavy atom. The van der Waals surface area contributed by atoms with Crippen LogP contribution in [0.25, 0.3) is 10.7 Å². The van der Waals surface area contributed by atoms with Gasteiger partial charge >= 0.3 is 0 Å². The number of hydrogen-bond donors (Lipinski definition) is 1. The molecule has 0 bridgehead atoms. The third-order valence-electron chi connectivity index (χ3n) is 2.30. The van der Waals surface area contributed by atoms with Crippen molar-refractivity contribution in [3.63, 3.8) is 0 Å². The van der Waals surface area contributed by atoms with E-state index in [0.29, 0.717) is 11.7 Å². The molecule has 2 aromatic heterocycles. The molecule has 2 rings (SSSR count). The SMILES string of the molecule is CCCNC(C)c1nc(-c2cc(Br)cs2)no1.Cl. The van der Waals surface area contributed by atoms with Crippen LogP contribution in [-0.4, -0.2) is 16.7 Å². The lowest BCUT2D eigenvalue weighted by Crippen LogP contribution is -2.19. The highest BCUT2D eigenvalue weighted by atomic mass is 79.9. The van der Waals surface area contributed by atoms with E-state index in [9.17, 15) is 0 Å². The van der Waals surface area contributed by atoms with Gasteiger partial charge in [0, 0.05) is 9.85 Å². The number of aromatic nitrogens is 2. The van der Waals surface area contributed by atoms with Crippen molar-refractivity contribution in [2.75, 3.05) is 6.54 Å². The van der Waals surface area contributed by atoms with Crippen molar-refractivity contribution in [2.24, 2.45) is 0 Å². The number of halogens is 2. The summed E-state index contributed by atoms with van der Waals surface area (Å²) in [5.74, 6) is 1.29. The maximum absolute atomic E-state index is 5.25. The molecule has 0 saturated heterocycles. The predicted octanol–water partition coefficient (Wildman–Crippen LogP) is 4.04. The summed E-state index contributed by atoms with van der Waals surface area (Å²) in [6, 6.07) is 2.09. The van der Waals surface area contributed by atoms with E-state index < -0.39 is 0 Å². The molecule has 100 valence electrons. The minimum atomic E-state index is 0. The zero-order chi connectivity index (χ0) is 12.3. The van der Waals surface area contributed by atoms with E-state index in [-0.39, 0.29) is 18.4 Å². The predicted molar refractivity (Wildman–Crippen MR) is 79.3 cm³/mol. The summed E-state index contributed by atoms with van der Waals surface area (Å²) in [6.45, 7) is 5.10. The fourth-order valence-electron chi connectivity index (χ4n) is 1.39. The summed E-state index contributed by atoms with van der Waals surface area (Å²) in [5, 5.41) is 9.31. The average molecular weight is 353 g/mol. The molecular weight excluding hydrogens is 338 g/mol. The van der Waals surface area contributed by atoms with Crippen molar-refractivity contribution >= 4 is 39.7 Å². The van der Waals surface area contributed by atoms with Crippen molar-refractivity contribution in [2.45, 2.75) is 26.3 Å². The van der Waals surface area contributed by atoms with Crippen LogP contribution in [0.4, 0.5) is 0 Å². The van der Waals surface area contributed by atoms with E-state index in [1.165, 1.54) is 0 Å². The first-order chi connectivity index (χ1) is 8.20. The molecule has 0 fully saturated rings. The molecule has 0 saturated carbocycles. The molecule has 7 heteroatoms. The van der Waals surface area contributed by atoms with Gasteiger partial charge in [0.2, 0.25) is 11.7 Å². The van der Waals surface area contributed by atoms with Gasteiger partial charge in [-0.25, -0.2) is 0 Å². The topological polar surface area (TPSA) is 51.0 Å². The van der Waals surface area contributed by atoms with Gasteiger partial charge in [0.15, 0.2) is 0 Å². The Morgan fingerprint density at radius 2 is 2.33 bits per heavy atom. The second-order valence-electron chi connectivity index (χ2n) is 3.76. The van der Waals surface area contributed by atoms with Crippen LogP contribution in [0, 0.1) is 0 Å². The monoisotopic (exact) mass is 351 g/mol. The van der Waals surface area contributed by atoms with Crippen molar-refractivity contribution in [3.05, 3.63) is 21.8 Å². The second-order valence-corrected chi connectivity index (χ2v) is 5.59. The summed E-state index contributed by atoms with van der Waals surface area (Å²) < 4.78 is 6.30. The smallest absolute Gasteiger partial charge is 0.243 e. The van der Waals surface area contributed by atoms with E-state index in [4.69, 9.17) is 4.52 Å². The van der Waals surface area contributed by atoms with Crippen LogP contribution in [0.15, 0.2) is 20.4 Å². The van der Waals surface area contributed by atoms with Crippen molar-refractivity contribution in [1.29, 1.82) is 0 Å². The molecule has 4 nitrogen and oxygen atoms in total. The van der Waals surface area contributed by atoms with E-state index in [0.717, 1.165) is 22.3 Å². The van der Waals surface area contributed by atoms with Crippen LogP contribution >= 0.6 is 39.7 Å². The van der Waals surface area contributed by atoms with Crippen LogP contribution in [0.3, 0.4) is 0 Å². The highest BCUT2D eigenvalue weighted by molar-refractivity contribution is 9.10. The van der Waals surface area contributed by atoms with Crippen LogP contribution in [0.2, 0.25) is 0 Å². The molecule has 0 aromatic carbocycles. The number of rotatable bonds is 5. The summed E-state index contributed by atoms with van der Waals surface area (Å²) in [7, 11) is 0. The van der Waals surface area contributed by atoms with Gasteiger partial charge < -0.3 is 9.84 Å². The normalized spacial score (nSPS) is 12.2. The number of thiophene rings is 1. The largest absolute Gasteiger partial charge is 0.337 e. The molecule has 0 aliphatic rings. The van der Waals surface area contributed by atoms with Gasteiger partial charge in [0.25, 0.3) is 0 Å². The first-order valence-electron chi connectivity index (χ1n) is 5.52. The maximum Gasteiger partial charge on any atom is 0.243 e. The molecule has 2 heterocycles. The maximum atomic E-state index is 5.25. The summed E-state index contributed by atoms with van der Waals surface area (Å²) in [4.78, 5) is 5.40. The van der Waals surface area contributed by atoms with Gasteiger partial charge in [0.05, 0.1) is 10.9 Å². The van der Waals surface area contributed by atoms with Gasteiger partial charge in [-0.05, 0) is 41.9 Å². The van der Waals surface area contributed by atoms with E-state index in [1.54, 1.807) is 11.3 Å². The van der Waals surface area contributed by atoms with Gasteiger partial charge in [-0.1, -0.05) is 12.1 Å². The third kappa shape index (κ3) is 3.78. The zero-order valence-electron chi connectivity index (χ0n) is 10.1. The number of nitrogens with zero attached hydrogens (tertiary/aromatic N) is 2. The Bertz CT molecular complexity index is 488. The minimum absolute atomic E-state index is 0. The van der Waals surface area contributed by atoms with Crippen molar-refractivity contribution in [3.8, 4) is 10.7 Å². The fourth-order valence-corrected chi connectivity index (χ4v) is 2.74.